The normalized spacial score (nSPS) is 11.1. The topological polar surface area (TPSA) is 73.1 Å². The quantitative estimate of drug-likeness (QED) is 0.530. The molecular weight excluding hydrogens is 336 g/mol. The second-order valence-electron chi connectivity index (χ2n) is 5.35. The molecule has 5 heteroatoms. The summed E-state index contributed by atoms with van der Waals surface area (Å²) in [6, 6.07) is 19.2. The lowest BCUT2D eigenvalue weighted by molar-refractivity contribution is -0.112. The first-order chi connectivity index (χ1) is 12.1. The highest BCUT2D eigenvalue weighted by molar-refractivity contribution is 6.30. The Morgan fingerprint density at radius 1 is 1.08 bits per heavy atom. The molecule has 3 aromatic rings. The Labute approximate surface area is 149 Å². The maximum Gasteiger partial charge on any atom is 0.266 e. The van der Waals surface area contributed by atoms with Gasteiger partial charge in [0.15, 0.2) is 0 Å². The number of anilines is 1. The molecule has 0 heterocycles. The number of hydrogen-bond donors (Lipinski definition) is 2. The van der Waals surface area contributed by atoms with E-state index < -0.39 is 5.91 Å². The Morgan fingerprint density at radius 3 is 2.52 bits per heavy atom. The Balaban J connectivity index is 1.98. The average molecular weight is 349 g/mol. The maximum atomic E-state index is 12.4. The van der Waals surface area contributed by atoms with Crippen molar-refractivity contribution in [1.82, 2.24) is 0 Å². The summed E-state index contributed by atoms with van der Waals surface area (Å²) in [6.45, 7) is 0. The van der Waals surface area contributed by atoms with Crippen molar-refractivity contribution in [2.24, 2.45) is 0 Å². The second kappa shape index (κ2) is 7.08. The number of carbonyl (C=O) groups is 1. The van der Waals surface area contributed by atoms with Crippen LogP contribution >= 0.6 is 11.6 Å². The van der Waals surface area contributed by atoms with Crippen LogP contribution in [0.4, 0.5) is 5.69 Å². The molecule has 0 unspecified atom stereocenters. The van der Waals surface area contributed by atoms with Gasteiger partial charge in [-0.15, -0.1) is 0 Å². The van der Waals surface area contributed by atoms with Crippen molar-refractivity contribution in [3.63, 3.8) is 0 Å². The highest BCUT2D eigenvalue weighted by Gasteiger charge is 2.12. The van der Waals surface area contributed by atoms with Gasteiger partial charge < -0.3 is 10.4 Å². The number of carbonyl (C=O) groups excluding carboxylic acids is 1. The van der Waals surface area contributed by atoms with Crippen LogP contribution in [-0.4, -0.2) is 11.0 Å². The average Bonchev–Trinajstić information content (AvgIpc) is 2.63. The van der Waals surface area contributed by atoms with Crippen molar-refractivity contribution in [2.45, 2.75) is 0 Å². The van der Waals surface area contributed by atoms with E-state index in [0.717, 1.165) is 10.8 Å². The van der Waals surface area contributed by atoms with Crippen LogP contribution in [0.3, 0.4) is 0 Å². The molecule has 0 aliphatic rings. The van der Waals surface area contributed by atoms with Gasteiger partial charge in [-0.25, -0.2) is 0 Å². The van der Waals surface area contributed by atoms with Crippen LogP contribution in [0.2, 0.25) is 5.02 Å². The summed E-state index contributed by atoms with van der Waals surface area (Å²) < 4.78 is 0. The summed E-state index contributed by atoms with van der Waals surface area (Å²) in [5.41, 5.74) is 0.847. The molecule has 0 aromatic heterocycles. The highest BCUT2D eigenvalue weighted by atomic mass is 35.5. The number of benzene rings is 3. The number of halogens is 1. The van der Waals surface area contributed by atoms with E-state index in [4.69, 9.17) is 11.6 Å². The fraction of sp³-hybridized carbons (Fsp3) is 0. The lowest BCUT2D eigenvalue weighted by Crippen LogP contribution is -2.13. The second-order valence-corrected chi connectivity index (χ2v) is 5.79. The van der Waals surface area contributed by atoms with Gasteiger partial charge in [-0.05, 0) is 47.2 Å². The van der Waals surface area contributed by atoms with E-state index in [0.29, 0.717) is 16.3 Å². The number of fused-ring (bicyclic) bond motifs is 1. The van der Waals surface area contributed by atoms with Gasteiger partial charge in [0.05, 0.1) is 0 Å². The van der Waals surface area contributed by atoms with E-state index in [1.54, 1.807) is 36.4 Å². The van der Waals surface area contributed by atoms with Crippen LogP contribution in [-0.2, 0) is 4.79 Å². The summed E-state index contributed by atoms with van der Waals surface area (Å²) in [7, 11) is 0. The fourth-order valence-electron chi connectivity index (χ4n) is 2.46. The molecule has 0 fully saturated rings. The number of rotatable bonds is 3. The Hall–Kier alpha value is -3.29. The van der Waals surface area contributed by atoms with Gasteiger partial charge >= 0.3 is 0 Å². The third kappa shape index (κ3) is 3.63. The van der Waals surface area contributed by atoms with Crippen LogP contribution in [0.1, 0.15) is 5.56 Å². The van der Waals surface area contributed by atoms with Crippen molar-refractivity contribution in [3.05, 3.63) is 76.8 Å². The number of nitriles is 1. The molecule has 0 bridgehead atoms. The van der Waals surface area contributed by atoms with Gasteiger partial charge in [-0.1, -0.05) is 41.9 Å². The fourth-order valence-corrected chi connectivity index (χ4v) is 2.59. The van der Waals surface area contributed by atoms with Crippen LogP contribution in [0.15, 0.2) is 66.2 Å². The molecule has 1 amide bonds. The minimum absolute atomic E-state index is 0.00532. The predicted octanol–water partition coefficient (Wildman–Crippen LogP) is 4.74. The van der Waals surface area contributed by atoms with Crippen LogP contribution in [0.5, 0.6) is 5.75 Å². The number of nitrogens with one attached hydrogen (secondary N) is 1. The number of nitrogens with zero attached hydrogens (tertiary/aromatic N) is 1. The van der Waals surface area contributed by atoms with Crippen molar-refractivity contribution in [2.75, 3.05) is 5.32 Å². The van der Waals surface area contributed by atoms with Gasteiger partial charge in [-0.2, -0.15) is 5.26 Å². The summed E-state index contributed by atoms with van der Waals surface area (Å²) in [6.07, 6.45) is 1.39. The zero-order valence-electron chi connectivity index (χ0n) is 13.0. The lowest BCUT2D eigenvalue weighted by Gasteiger charge is -2.07. The molecule has 0 radical (unpaired) electrons. The summed E-state index contributed by atoms with van der Waals surface area (Å²) in [5.74, 6) is -0.553. The zero-order valence-corrected chi connectivity index (χ0v) is 13.8. The van der Waals surface area contributed by atoms with E-state index in [2.05, 4.69) is 5.32 Å². The number of phenols is 1. The van der Waals surface area contributed by atoms with E-state index in [-0.39, 0.29) is 11.3 Å². The molecular formula is C20H13ClN2O2. The number of hydrogen-bond acceptors (Lipinski definition) is 3. The van der Waals surface area contributed by atoms with E-state index in [1.807, 2.05) is 30.3 Å². The molecule has 0 aliphatic heterocycles. The largest absolute Gasteiger partial charge is 0.507 e. The first-order valence-corrected chi connectivity index (χ1v) is 7.86. The minimum atomic E-state index is -0.558. The zero-order chi connectivity index (χ0) is 17.8. The number of aromatic hydroxyl groups is 1. The van der Waals surface area contributed by atoms with Crippen LogP contribution in [0.25, 0.3) is 16.8 Å². The molecule has 0 atom stereocenters. The first kappa shape index (κ1) is 16.6. The van der Waals surface area contributed by atoms with Crippen LogP contribution < -0.4 is 5.32 Å². The molecule has 0 saturated heterocycles. The molecule has 3 aromatic carbocycles. The summed E-state index contributed by atoms with van der Waals surface area (Å²) >= 11 is 5.81. The van der Waals surface area contributed by atoms with E-state index in [9.17, 15) is 15.2 Å². The molecule has 2 N–H and O–H groups in total. The van der Waals surface area contributed by atoms with Gasteiger partial charge in [-0.3, -0.25) is 4.79 Å². The third-order valence-electron chi connectivity index (χ3n) is 3.70. The van der Waals surface area contributed by atoms with E-state index >= 15 is 0 Å². The highest BCUT2D eigenvalue weighted by Crippen LogP contribution is 2.29. The first-order valence-electron chi connectivity index (χ1n) is 7.48. The molecule has 0 saturated carbocycles. The van der Waals surface area contributed by atoms with E-state index in [1.165, 1.54) is 6.08 Å². The minimum Gasteiger partial charge on any atom is -0.507 e. The maximum absolute atomic E-state index is 12.4. The Kier molecular flexibility index (Phi) is 4.69. The molecule has 0 spiro atoms. The standard InChI is InChI=1S/C20H13ClN2O2/c21-15-6-8-16(9-7-15)23-20(25)14(12-22)11-18-17-4-2-1-3-13(17)5-10-19(18)24/h1-11,24H,(H,23,25)/b14-11-. The van der Waals surface area contributed by atoms with Gasteiger partial charge in [0.1, 0.15) is 17.4 Å². The molecule has 122 valence electrons. The summed E-state index contributed by atoms with van der Waals surface area (Å²) in [5, 5.41) is 24.4. The van der Waals surface area contributed by atoms with Gasteiger partial charge in [0, 0.05) is 16.3 Å². The van der Waals surface area contributed by atoms with Crippen molar-refractivity contribution >= 4 is 40.0 Å². The Bertz CT molecular complexity index is 1020. The monoisotopic (exact) mass is 348 g/mol. The molecule has 0 aliphatic carbocycles. The summed E-state index contributed by atoms with van der Waals surface area (Å²) in [4.78, 5) is 12.4. The van der Waals surface area contributed by atoms with Crippen molar-refractivity contribution in [3.8, 4) is 11.8 Å². The third-order valence-corrected chi connectivity index (χ3v) is 3.96. The smallest absolute Gasteiger partial charge is 0.266 e. The van der Waals surface area contributed by atoms with Gasteiger partial charge in [0.25, 0.3) is 5.91 Å². The molecule has 4 nitrogen and oxygen atoms in total. The van der Waals surface area contributed by atoms with Crippen molar-refractivity contribution < 1.29 is 9.90 Å². The molecule has 25 heavy (non-hydrogen) atoms. The molecule has 3 rings (SSSR count). The Morgan fingerprint density at radius 2 is 1.80 bits per heavy atom. The SMILES string of the molecule is N#C/C(=C/c1c(O)ccc2ccccc12)C(=O)Nc1ccc(Cl)cc1. The van der Waals surface area contributed by atoms with Crippen LogP contribution in [0, 0.1) is 11.3 Å². The van der Waals surface area contributed by atoms with Crippen molar-refractivity contribution in [1.29, 1.82) is 5.26 Å². The number of amides is 1. The predicted molar refractivity (Wildman–Crippen MR) is 99.3 cm³/mol. The lowest BCUT2D eigenvalue weighted by atomic mass is 10.0. The van der Waals surface area contributed by atoms with Gasteiger partial charge in [0.2, 0.25) is 0 Å². The number of phenolic OH excluding ortho intramolecular Hbond substituents is 1.